The van der Waals surface area contributed by atoms with E-state index in [4.69, 9.17) is 4.42 Å². The van der Waals surface area contributed by atoms with Crippen LogP contribution in [0.4, 0.5) is 0 Å². The summed E-state index contributed by atoms with van der Waals surface area (Å²) in [6, 6.07) is 6.04. The van der Waals surface area contributed by atoms with Crippen molar-refractivity contribution in [1.82, 2.24) is 0 Å². The highest BCUT2D eigenvalue weighted by molar-refractivity contribution is 9.10. The summed E-state index contributed by atoms with van der Waals surface area (Å²) in [4.78, 5) is 0. The minimum Gasteiger partial charge on any atom is -0.463 e. The number of para-hydroxylation sites is 1. The standard InChI is InChI=1S/C12H11BrO2/c13-10-7-15-11-8(2-1-3-9(10)11)6-12(14)4-5-12/h1-3,7,14H,4-6H2. The molecule has 2 nitrogen and oxygen atoms in total. The molecule has 0 amide bonds. The topological polar surface area (TPSA) is 33.4 Å². The maximum atomic E-state index is 9.90. The van der Waals surface area contributed by atoms with E-state index in [2.05, 4.69) is 15.9 Å². The van der Waals surface area contributed by atoms with Crippen molar-refractivity contribution in [3.8, 4) is 0 Å². The van der Waals surface area contributed by atoms with Crippen LogP contribution in [0.25, 0.3) is 11.0 Å². The summed E-state index contributed by atoms with van der Waals surface area (Å²) in [5, 5.41) is 11.0. The van der Waals surface area contributed by atoms with Crippen LogP contribution in [-0.2, 0) is 6.42 Å². The molecule has 0 spiro atoms. The predicted octanol–water partition coefficient (Wildman–Crippen LogP) is 3.26. The average molecular weight is 267 g/mol. The van der Waals surface area contributed by atoms with Gasteiger partial charge in [0.1, 0.15) is 11.8 Å². The van der Waals surface area contributed by atoms with E-state index in [-0.39, 0.29) is 0 Å². The summed E-state index contributed by atoms with van der Waals surface area (Å²) in [5.41, 5.74) is 1.52. The number of furan rings is 1. The fourth-order valence-electron chi connectivity index (χ4n) is 1.90. The van der Waals surface area contributed by atoms with Crippen LogP contribution in [0.5, 0.6) is 0 Å². The van der Waals surface area contributed by atoms with Crippen LogP contribution < -0.4 is 0 Å². The van der Waals surface area contributed by atoms with Gasteiger partial charge >= 0.3 is 0 Å². The van der Waals surface area contributed by atoms with Gasteiger partial charge in [0.05, 0.1) is 10.1 Å². The molecule has 1 saturated carbocycles. The summed E-state index contributed by atoms with van der Waals surface area (Å²) in [6.07, 6.45) is 4.21. The molecule has 1 fully saturated rings. The molecule has 78 valence electrons. The minimum absolute atomic E-state index is 0.465. The van der Waals surface area contributed by atoms with E-state index in [0.29, 0.717) is 6.42 Å². The Balaban J connectivity index is 2.09. The number of benzene rings is 1. The van der Waals surface area contributed by atoms with Gasteiger partial charge in [0.25, 0.3) is 0 Å². The molecule has 3 rings (SSSR count). The van der Waals surface area contributed by atoms with Gasteiger partial charge in [-0.1, -0.05) is 12.1 Å². The molecule has 0 bridgehead atoms. The van der Waals surface area contributed by atoms with Crippen molar-refractivity contribution in [3.05, 3.63) is 34.5 Å². The van der Waals surface area contributed by atoms with Crippen LogP contribution in [0.1, 0.15) is 18.4 Å². The van der Waals surface area contributed by atoms with Gasteiger partial charge in [-0.2, -0.15) is 0 Å². The van der Waals surface area contributed by atoms with Crippen molar-refractivity contribution in [2.24, 2.45) is 0 Å². The Labute approximate surface area is 96.0 Å². The van der Waals surface area contributed by atoms with Gasteiger partial charge in [-0.05, 0) is 40.4 Å². The maximum Gasteiger partial charge on any atom is 0.138 e. The van der Waals surface area contributed by atoms with Gasteiger partial charge < -0.3 is 9.52 Å². The van der Waals surface area contributed by atoms with Gasteiger partial charge in [-0.25, -0.2) is 0 Å². The molecule has 1 aromatic heterocycles. The normalized spacial score (nSPS) is 18.3. The van der Waals surface area contributed by atoms with E-state index >= 15 is 0 Å². The molecule has 0 aliphatic heterocycles. The number of rotatable bonds is 2. The molecule has 3 heteroatoms. The highest BCUT2D eigenvalue weighted by atomic mass is 79.9. The predicted molar refractivity (Wildman–Crippen MR) is 61.8 cm³/mol. The third-order valence-electron chi connectivity index (χ3n) is 2.98. The summed E-state index contributed by atoms with van der Waals surface area (Å²) in [7, 11) is 0. The minimum atomic E-state index is -0.465. The number of halogens is 1. The highest BCUT2D eigenvalue weighted by Crippen LogP contribution is 2.40. The van der Waals surface area contributed by atoms with Crippen LogP contribution in [0.2, 0.25) is 0 Å². The fraction of sp³-hybridized carbons (Fsp3) is 0.333. The van der Waals surface area contributed by atoms with Crippen LogP contribution in [-0.4, -0.2) is 10.7 Å². The van der Waals surface area contributed by atoms with E-state index in [9.17, 15) is 5.11 Å². The molecular weight excluding hydrogens is 256 g/mol. The van der Waals surface area contributed by atoms with Crippen molar-refractivity contribution in [1.29, 1.82) is 0 Å². The number of aliphatic hydroxyl groups is 1. The Kier molecular flexibility index (Phi) is 1.94. The van der Waals surface area contributed by atoms with Crippen LogP contribution >= 0.6 is 15.9 Å². The van der Waals surface area contributed by atoms with E-state index in [1.807, 2.05) is 18.2 Å². The lowest BCUT2D eigenvalue weighted by atomic mass is 10.0. The average Bonchev–Trinajstić information content (AvgIpc) is 2.81. The lowest BCUT2D eigenvalue weighted by Crippen LogP contribution is -2.10. The summed E-state index contributed by atoms with van der Waals surface area (Å²) in [6.45, 7) is 0. The number of hydrogen-bond donors (Lipinski definition) is 1. The van der Waals surface area contributed by atoms with Crippen molar-refractivity contribution in [2.45, 2.75) is 24.9 Å². The third kappa shape index (κ3) is 1.60. The molecule has 1 aliphatic carbocycles. The van der Waals surface area contributed by atoms with E-state index in [0.717, 1.165) is 33.8 Å². The summed E-state index contributed by atoms with van der Waals surface area (Å²) in [5.74, 6) is 0. The summed E-state index contributed by atoms with van der Waals surface area (Å²) >= 11 is 3.44. The molecular formula is C12H11BrO2. The molecule has 1 aromatic carbocycles. The number of fused-ring (bicyclic) bond motifs is 1. The molecule has 2 aromatic rings. The van der Waals surface area contributed by atoms with E-state index in [1.165, 1.54) is 0 Å². The zero-order valence-electron chi connectivity index (χ0n) is 8.16. The highest BCUT2D eigenvalue weighted by Gasteiger charge is 2.40. The van der Waals surface area contributed by atoms with Crippen molar-refractivity contribution < 1.29 is 9.52 Å². The Morgan fingerprint density at radius 1 is 1.40 bits per heavy atom. The fourth-order valence-corrected chi connectivity index (χ4v) is 2.31. The zero-order chi connectivity index (χ0) is 10.5. The molecule has 1 heterocycles. The molecule has 0 radical (unpaired) electrons. The van der Waals surface area contributed by atoms with Crippen molar-refractivity contribution >= 4 is 26.9 Å². The first-order chi connectivity index (χ1) is 7.18. The largest absolute Gasteiger partial charge is 0.463 e. The van der Waals surface area contributed by atoms with Gasteiger partial charge in [-0.3, -0.25) is 0 Å². The third-order valence-corrected chi connectivity index (χ3v) is 3.59. The van der Waals surface area contributed by atoms with Crippen molar-refractivity contribution in [2.75, 3.05) is 0 Å². The Hall–Kier alpha value is -0.800. The molecule has 15 heavy (non-hydrogen) atoms. The van der Waals surface area contributed by atoms with Gasteiger partial charge in [0, 0.05) is 11.8 Å². The maximum absolute atomic E-state index is 9.90. The van der Waals surface area contributed by atoms with E-state index < -0.39 is 5.60 Å². The first-order valence-electron chi connectivity index (χ1n) is 5.05. The van der Waals surface area contributed by atoms with Crippen molar-refractivity contribution in [3.63, 3.8) is 0 Å². The first-order valence-corrected chi connectivity index (χ1v) is 5.84. The van der Waals surface area contributed by atoms with Gasteiger partial charge in [0.2, 0.25) is 0 Å². The second-order valence-corrected chi connectivity index (χ2v) is 5.13. The summed E-state index contributed by atoms with van der Waals surface area (Å²) < 4.78 is 6.47. The Morgan fingerprint density at radius 2 is 2.20 bits per heavy atom. The smallest absolute Gasteiger partial charge is 0.138 e. The number of hydrogen-bond acceptors (Lipinski definition) is 2. The molecule has 0 atom stereocenters. The molecule has 0 unspecified atom stereocenters. The second-order valence-electron chi connectivity index (χ2n) is 4.28. The Morgan fingerprint density at radius 3 is 2.93 bits per heavy atom. The Bertz CT molecular complexity index is 511. The monoisotopic (exact) mass is 266 g/mol. The van der Waals surface area contributed by atoms with Crippen LogP contribution in [0.15, 0.2) is 33.4 Å². The zero-order valence-corrected chi connectivity index (χ0v) is 9.75. The molecule has 1 aliphatic rings. The quantitative estimate of drug-likeness (QED) is 0.905. The van der Waals surface area contributed by atoms with Gasteiger partial charge in [-0.15, -0.1) is 0 Å². The SMILES string of the molecule is OC1(Cc2cccc3c(Br)coc23)CC1. The second kappa shape index (κ2) is 3.09. The lowest BCUT2D eigenvalue weighted by Gasteiger charge is -2.07. The van der Waals surface area contributed by atoms with Crippen LogP contribution in [0.3, 0.4) is 0 Å². The van der Waals surface area contributed by atoms with E-state index in [1.54, 1.807) is 6.26 Å². The molecule has 1 N–H and O–H groups in total. The first kappa shape index (κ1) is 9.43. The van der Waals surface area contributed by atoms with Crippen LogP contribution in [0, 0.1) is 0 Å². The molecule has 0 saturated heterocycles. The van der Waals surface area contributed by atoms with Gasteiger partial charge in [0.15, 0.2) is 0 Å². The lowest BCUT2D eigenvalue weighted by molar-refractivity contribution is 0.151.